The molecule has 0 fully saturated rings. The number of phenols is 1. The zero-order valence-corrected chi connectivity index (χ0v) is 20.5. The van der Waals surface area contributed by atoms with E-state index in [0.29, 0.717) is 10.8 Å². The highest BCUT2D eigenvalue weighted by molar-refractivity contribution is 6.33. The molecular formula is C30H26ClN3O2. The van der Waals surface area contributed by atoms with Crippen molar-refractivity contribution in [3.05, 3.63) is 112 Å². The number of halogens is 1. The lowest BCUT2D eigenvalue weighted by molar-refractivity contribution is 0.370. The van der Waals surface area contributed by atoms with Crippen molar-refractivity contribution in [3.63, 3.8) is 0 Å². The van der Waals surface area contributed by atoms with Gasteiger partial charge in [0, 0.05) is 27.8 Å². The third-order valence-corrected chi connectivity index (χ3v) is 7.89. The molecule has 1 aliphatic heterocycles. The number of fused-ring (bicyclic) bond motifs is 5. The van der Waals surface area contributed by atoms with E-state index in [4.69, 9.17) is 27.5 Å². The molecule has 3 unspecified atom stereocenters. The molecule has 6 heteroatoms. The summed E-state index contributed by atoms with van der Waals surface area (Å²) in [6, 6.07) is 25.8. The van der Waals surface area contributed by atoms with Gasteiger partial charge < -0.3 is 20.9 Å². The lowest BCUT2D eigenvalue weighted by atomic mass is 9.74. The lowest BCUT2D eigenvalue weighted by Crippen LogP contribution is -2.31. The van der Waals surface area contributed by atoms with E-state index in [1.54, 1.807) is 13.2 Å². The number of methoxy groups -OCH3 is 1. The average molecular weight is 496 g/mol. The van der Waals surface area contributed by atoms with Gasteiger partial charge in [-0.15, -0.1) is 0 Å². The van der Waals surface area contributed by atoms with Crippen molar-refractivity contribution in [2.75, 3.05) is 12.4 Å². The zero-order chi connectivity index (χ0) is 25.0. The molecule has 4 aromatic carbocycles. The van der Waals surface area contributed by atoms with Gasteiger partial charge in [0.1, 0.15) is 5.84 Å². The number of nitrogen functional groups attached to an aromatic ring is 1. The van der Waals surface area contributed by atoms with Gasteiger partial charge in [0.15, 0.2) is 11.5 Å². The van der Waals surface area contributed by atoms with Crippen LogP contribution in [-0.2, 0) is 6.42 Å². The Labute approximate surface area is 215 Å². The first-order valence-electron chi connectivity index (χ1n) is 11.9. The monoisotopic (exact) mass is 495 g/mol. The molecule has 1 heterocycles. The van der Waals surface area contributed by atoms with Gasteiger partial charge in [-0.05, 0) is 76.6 Å². The first-order valence-corrected chi connectivity index (χ1v) is 12.3. The number of hydrogen-bond acceptors (Lipinski definition) is 4. The molecule has 180 valence electrons. The number of nitrogens with two attached hydrogens (primary N) is 1. The predicted molar refractivity (Wildman–Crippen MR) is 144 cm³/mol. The fraction of sp³-hybridized carbons (Fsp3) is 0.167. The number of anilines is 1. The number of nitrogens with one attached hydrogen (secondary N) is 2. The first-order chi connectivity index (χ1) is 17.5. The van der Waals surface area contributed by atoms with Crippen LogP contribution < -0.4 is 15.8 Å². The number of rotatable bonds is 4. The molecule has 0 spiro atoms. The Balaban J connectivity index is 1.58. The van der Waals surface area contributed by atoms with E-state index in [-0.39, 0.29) is 29.5 Å². The average Bonchev–Trinajstić information content (AvgIpc) is 3.28. The number of amidine groups is 1. The van der Waals surface area contributed by atoms with Crippen LogP contribution in [0.15, 0.2) is 78.9 Å². The van der Waals surface area contributed by atoms with E-state index in [1.165, 1.54) is 11.1 Å². The smallest absolute Gasteiger partial charge is 0.160 e. The van der Waals surface area contributed by atoms with Gasteiger partial charge in [0.05, 0.1) is 13.2 Å². The Morgan fingerprint density at radius 1 is 0.972 bits per heavy atom. The Kier molecular flexibility index (Phi) is 5.38. The van der Waals surface area contributed by atoms with E-state index < -0.39 is 0 Å². The molecule has 4 aromatic rings. The second-order valence-corrected chi connectivity index (χ2v) is 9.88. The standard InChI is InChI=1S/C30H26ClN3O2/c1-36-27-15-21(20(14-26(27)35)19-8-4-5-9-24(19)31)29-23-12-16-6-2-3-7-18(16)28(23)22-13-17(30(32)33)10-11-25(22)34-29/h2-11,13-15,23,28-29,34-35H,12H2,1H3,(H3,32,33). The van der Waals surface area contributed by atoms with E-state index in [9.17, 15) is 5.11 Å². The van der Waals surface area contributed by atoms with Crippen LogP contribution in [0.4, 0.5) is 5.69 Å². The fourth-order valence-electron chi connectivity index (χ4n) is 5.95. The summed E-state index contributed by atoms with van der Waals surface area (Å²) < 4.78 is 5.53. The van der Waals surface area contributed by atoms with E-state index in [1.807, 2.05) is 48.5 Å². The summed E-state index contributed by atoms with van der Waals surface area (Å²) in [5.74, 6) is 0.900. The maximum Gasteiger partial charge on any atom is 0.160 e. The Morgan fingerprint density at radius 2 is 1.75 bits per heavy atom. The van der Waals surface area contributed by atoms with Crippen molar-refractivity contribution < 1.29 is 9.84 Å². The lowest BCUT2D eigenvalue weighted by Gasteiger charge is -2.39. The molecule has 6 rings (SSSR count). The molecule has 0 aromatic heterocycles. The van der Waals surface area contributed by atoms with E-state index >= 15 is 0 Å². The van der Waals surface area contributed by atoms with E-state index in [0.717, 1.165) is 39.9 Å². The topological polar surface area (TPSA) is 91.4 Å². The summed E-state index contributed by atoms with van der Waals surface area (Å²) in [5.41, 5.74) is 14.1. The van der Waals surface area contributed by atoms with Crippen LogP contribution in [0.1, 0.15) is 39.8 Å². The predicted octanol–water partition coefficient (Wildman–Crippen LogP) is 6.48. The highest BCUT2D eigenvalue weighted by Crippen LogP contribution is 2.56. The Morgan fingerprint density at radius 3 is 2.53 bits per heavy atom. The minimum Gasteiger partial charge on any atom is -0.504 e. The fourth-order valence-corrected chi connectivity index (χ4v) is 6.19. The largest absolute Gasteiger partial charge is 0.504 e. The van der Waals surface area contributed by atoms with Gasteiger partial charge in [0.2, 0.25) is 0 Å². The molecule has 2 aliphatic rings. The minimum atomic E-state index is -0.0705. The summed E-state index contributed by atoms with van der Waals surface area (Å²) >= 11 is 6.64. The Bertz CT molecular complexity index is 1520. The van der Waals surface area contributed by atoms with Crippen molar-refractivity contribution in [3.8, 4) is 22.6 Å². The molecule has 5 nitrogen and oxygen atoms in total. The number of benzene rings is 4. The van der Waals surface area contributed by atoms with Gasteiger partial charge in [-0.1, -0.05) is 54.1 Å². The van der Waals surface area contributed by atoms with Gasteiger partial charge >= 0.3 is 0 Å². The zero-order valence-electron chi connectivity index (χ0n) is 19.8. The number of ether oxygens (including phenoxy) is 1. The van der Waals surface area contributed by atoms with Gasteiger partial charge in [-0.25, -0.2) is 0 Å². The highest BCUT2D eigenvalue weighted by atomic mass is 35.5. The van der Waals surface area contributed by atoms with Crippen molar-refractivity contribution in [1.29, 1.82) is 5.41 Å². The third kappa shape index (κ3) is 3.50. The molecule has 3 atom stereocenters. The van der Waals surface area contributed by atoms with Gasteiger partial charge in [0.25, 0.3) is 0 Å². The molecule has 36 heavy (non-hydrogen) atoms. The normalized spacial score (nSPS) is 19.6. The van der Waals surface area contributed by atoms with Crippen LogP contribution in [-0.4, -0.2) is 18.1 Å². The van der Waals surface area contributed by atoms with E-state index in [2.05, 4.69) is 29.6 Å². The van der Waals surface area contributed by atoms with Crippen LogP contribution >= 0.6 is 11.6 Å². The maximum absolute atomic E-state index is 10.7. The van der Waals surface area contributed by atoms with Gasteiger partial charge in [-0.2, -0.15) is 0 Å². The van der Waals surface area contributed by atoms with Crippen LogP contribution in [0, 0.1) is 11.3 Å². The minimum absolute atomic E-state index is 0.0621. The summed E-state index contributed by atoms with van der Waals surface area (Å²) in [4.78, 5) is 0. The number of phenolic OH excluding ortho intramolecular Hbond substituents is 1. The van der Waals surface area contributed by atoms with Crippen molar-refractivity contribution >= 4 is 23.1 Å². The third-order valence-electron chi connectivity index (χ3n) is 7.56. The second-order valence-electron chi connectivity index (χ2n) is 9.47. The molecule has 5 N–H and O–H groups in total. The van der Waals surface area contributed by atoms with Crippen LogP contribution in [0.25, 0.3) is 11.1 Å². The first kappa shape index (κ1) is 22.5. The van der Waals surface area contributed by atoms with Crippen LogP contribution in [0.5, 0.6) is 11.5 Å². The molecule has 1 aliphatic carbocycles. The summed E-state index contributed by atoms with van der Waals surface area (Å²) in [6.07, 6.45) is 0.896. The summed E-state index contributed by atoms with van der Waals surface area (Å²) in [6.45, 7) is 0. The quantitative estimate of drug-likeness (QED) is 0.193. The van der Waals surface area contributed by atoms with Gasteiger partial charge in [-0.3, -0.25) is 5.41 Å². The number of aromatic hydroxyl groups is 1. The summed E-state index contributed by atoms with van der Waals surface area (Å²) in [5, 5.41) is 23.1. The molecule has 0 amide bonds. The van der Waals surface area contributed by atoms with Crippen molar-refractivity contribution in [2.45, 2.75) is 18.4 Å². The highest BCUT2D eigenvalue weighted by Gasteiger charge is 2.44. The molecule has 0 saturated heterocycles. The summed E-state index contributed by atoms with van der Waals surface area (Å²) in [7, 11) is 1.56. The SMILES string of the molecule is COc1cc(C2Nc3ccc(C(=N)N)cc3C3c4ccccc4CC23)c(-c2ccccc2Cl)cc1O. The number of hydrogen-bond donors (Lipinski definition) is 4. The van der Waals surface area contributed by atoms with Crippen molar-refractivity contribution in [1.82, 2.24) is 0 Å². The molecule has 0 saturated carbocycles. The molecule has 0 radical (unpaired) electrons. The molecular weight excluding hydrogens is 470 g/mol. The molecule has 0 bridgehead atoms. The van der Waals surface area contributed by atoms with Crippen LogP contribution in [0.3, 0.4) is 0 Å². The van der Waals surface area contributed by atoms with Crippen LogP contribution in [0.2, 0.25) is 5.02 Å². The maximum atomic E-state index is 10.7. The second kappa shape index (κ2) is 8.61. The van der Waals surface area contributed by atoms with Crippen molar-refractivity contribution in [2.24, 2.45) is 11.7 Å². The Hall–Kier alpha value is -3.96.